The molecule has 1 amide bonds. The van der Waals surface area contributed by atoms with E-state index in [9.17, 15) is 4.79 Å². The number of hydrogen-bond donors (Lipinski definition) is 1. The Morgan fingerprint density at radius 1 is 1.23 bits per heavy atom. The lowest BCUT2D eigenvalue weighted by molar-refractivity contribution is -0.121. The van der Waals surface area contributed by atoms with Crippen molar-refractivity contribution in [3.63, 3.8) is 0 Å². The van der Waals surface area contributed by atoms with Gasteiger partial charge in [0.15, 0.2) is 5.82 Å². The number of nitrogens with one attached hydrogen (secondary N) is 1. The van der Waals surface area contributed by atoms with Crippen molar-refractivity contribution in [3.8, 4) is 5.69 Å². The normalized spacial score (nSPS) is 15.6. The number of morpholine rings is 1. The van der Waals surface area contributed by atoms with Crippen molar-refractivity contribution >= 4 is 5.91 Å². The highest BCUT2D eigenvalue weighted by molar-refractivity contribution is 5.76. The van der Waals surface area contributed by atoms with E-state index in [0.717, 1.165) is 43.4 Å². The molecule has 0 saturated carbocycles. The predicted molar refractivity (Wildman–Crippen MR) is 113 cm³/mol. The number of carbonyl (C=O) groups is 1. The monoisotopic (exact) mass is 424 g/mol. The molecule has 1 saturated heterocycles. The van der Waals surface area contributed by atoms with Gasteiger partial charge in [-0.3, -0.25) is 9.69 Å². The zero-order chi connectivity index (χ0) is 21.5. The van der Waals surface area contributed by atoms with Crippen LogP contribution in [0.2, 0.25) is 0 Å². The van der Waals surface area contributed by atoms with Crippen molar-refractivity contribution in [1.82, 2.24) is 40.2 Å². The first-order valence-corrected chi connectivity index (χ1v) is 10.6. The number of aryl methyl sites for hydroxylation is 1. The highest BCUT2D eigenvalue weighted by atomic mass is 16.5. The van der Waals surface area contributed by atoms with E-state index in [0.29, 0.717) is 25.9 Å². The molecule has 164 valence electrons. The van der Waals surface area contributed by atoms with Crippen LogP contribution < -0.4 is 5.32 Å². The van der Waals surface area contributed by atoms with Gasteiger partial charge in [0.2, 0.25) is 5.91 Å². The van der Waals surface area contributed by atoms with Crippen LogP contribution in [0.4, 0.5) is 0 Å². The summed E-state index contributed by atoms with van der Waals surface area (Å²) in [5.74, 6) is 0.826. The lowest BCUT2D eigenvalue weighted by atomic mass is 10.2. The van der Waals surface area contributed by atoms with Crippen LogP contribution in [-0.2, 0) is 22.6 Å². The average molecular weight is 425 g/mol. The second kappa shape index (κ2) is 10.3. The standard InChI is InChI=1S/C21H28N8O2/c1-17(18-14-22-29(15-18)19-6-3-2-4-7-19)23-21(30)8-5-9-28-20(24-25-26-28)16-27-10-12-31-13-11-27/h2-4,6-7,14-15,17H,5,8-13,16H2,1H3,(H,23,30). The van der Waals surface area contributed by atoms with Crippen LogP contribution in [0.1, 0.15) is 37.2 Å². The van der Waals surface area contributed by atoms with Gasteiger partial charge in [0.1, 0.15) is 0 Å². The minimum Gasteiger partial charge on any atom is -0.379 e. The van der Waals surface area contributed by atoms with Crippen LogP contribution in [-0.4, -0.2) is 67.1 Å². The van der Waals surface area contributed by atoms with E-state index in [2.05, 4.69) is 30.8 Å². The van der Waals surface area contributed by atoms with Crippen molar-refractivity contribution in [2.75, 3.05) is 26.3 Å². The Morgan fingerprint density at radius 2 is 2.03 bits per heavy atom. The third-order valence-corrected chi connectivity index (χ3v) is 5.35. The highest BCUT2D eigenvalue weighted by Gasteiger charge is 2.16. The molecule has 1 unspecified atom stereocenters. The molecule has 4 rings (SSSR count). The van der Waals surface area contributed by atoms with E-state index >= 15 is 0 Å². The van der Waals surface area contributed by atoms with E-state index in [1.807, 2.05) is 48.1 Å². The molecule has 0 aliphatic carbocycles. The van der Waals surface area contributed by atoms with Gasteiger partial charge < -0.3 is 10.1 Å². The minimum absolute atomic E-state index is 0.00256. The zero-order valence-corrected chi connectivity index (χ0v) is 17.7. The van der Waals surface area contributed by atoms with Crippen molar-refractivity contribution < 1.29 is 9.53 Å². The number of rotatable bonds is 9. The van der Waals surface area contributed by atoms with Crippen molar-refractivity contribution in [2.24, 2.45) is 0 Å². The quantitative estimate of drug-likeness (QED) is 0.553. The smallest absolute Gasteiger partial charge is 0.220 e. The Morgan fingerprint density at radius 3 is 2.84 bits per heavy atom. The number of benzene rings is 1. The van der Waals surface area contributed by atoms with Gasteiger partial charge in [-0.1, -0.05) is 18.2 Å². The number of para-hydroxylation sites is 1. The second-order valence-corrected chi connectivity index (χ2v) is 7.65. The van der Waals surface area contributed by atoms with E-state index < -0.39 is 0 Å². The second-order valence-electron chi connectivity index (χ2n) is 7.65. The molecule has 1 fully saturated rings. The molecule has 31 heavy (non-hydrogen) atoms. The number of nitrogens with zero attached hydrogens (tertiary/aromatic N) is 7. The maximum absolute atomic E-state index is 12.4. The zero-order valence-electron chi connectivity index (χ0n) is 17.7. The van der Waals surface area contributed by atoms with E-state index in [1.165, 1.54) is 0 Å². The van der Waals surface area contributed by atoms with Crippen molar-refractivity contribution in [2.45, 2.75) is 38.9 Å². The van der Waals surface area contributed by atoms with Gasteiger partial charge >= 0.3 is 0 Å². The number of carbonyl (C=O) groups excluding carboxylic acids is 1. The molecule has 10 nitrogen and oxygen atoms in total. The number of ether oxygens (including phenoxy) is 1. The van der Waals surface area contributed by atoms with Crippen molar-refractivity contribution in [1.29, 1.82) is 0 Å². The maximum atomic E-state index is 12.4. The topological polar surface area (TPSA) is 103 Å². The first kappa shape index (κ1) is 21.1. The molecular formula is C21H28N8O2. The molecule has 0 radical (unpaired) electrons. The summed E-state index contributed by atoms with van der Waals surface area (Å²) >= 11 is 0. The van der Waals surface area contributed by atoms with E-state index in [1.54, 1.807) is 10.9 Å². The van der Waals surface area contributed by atoms with Crippen molar-refractivity contribution in [3.05, 3.63) is 54.1 Å². The fourth-order valence-electron chi connectivity index (χ4n) is 3.54. The molecule has 10 heteroatoms. The number of aromatic nitrogens is 6. The predicted octanol–water partition coefficient (Wildman–Crippen LogP) is 1.35. The Labute approximate surface area is 181 Å². The molecule has 3 heterocycles. The van der Waals surface area contributed by atoms with Gasteiger partial charge in [0.05, 0.1) is 37.7 Å². The SMILES string of the molecule is CC(NC(=O)CCCn1nnnc1CN1CCOCC1)c1cnn(-c2ccccc2)c1. The van der Waals surface area contributed by atoms with Crippen LogP contribution in [0.25, 0.3) is 5.69 Å². The first-order valence-electron chi connectivity index (χ1n) is 10.6. The fourth-order valence-corrected chi connectivity index (χ4v) is 3.54. The Bertz CT molecular complexity index is 965. The highest BCUT2D eigenvalue weighted by Crippen LogP contribution is 2.14. The molecule has 1 aliphatic rings. The van der Waals surface area contributed by atoms with Gasteiger partial charge in [-0.25, -0.2) is 9.36 Å². The van der Waals surface area contributed by atoms with E-state index in [4.69, 9.17) is 4.74 Å². The molecule has 1 atom stereocenters. The third-order valence-electron chi connectivity index (χ3n) is 5.35. The summed E-state index contributed by atoms with van der Waals surface area (Å²) < 4.78 is 8.98. The summed E-state index contributed by atoms with van der Waals surface area (Å²) in [5.41, 5.74) is 1.95. The Kier molecular flexibility index (Phi) is 7.00. The lowest BCUT2D eigenvalue weighted by Crippen LogP contribution is -2.36. The maximum Gasteiger partial charge on any atom is 0.220 e. The molecule has 0 spiro atoms. The van der Waals surface area contributed by atoms with Crippen LogP contribution in [0.5, 0.6) is 0 Å². The lowest BCUT2D eigenvalue weighted by Gasteiger charge is -2.25. The summed E-state index contributed by atoms with van der Waals surface area (Å²) in [6, 6.07) is 9.78. The number of tetrazole rings is 1. The van der Waals surface area contributed by atoms with E-state index in [-0.39, 0.29) is 11.9 Å². The summed E-state index contributed by atoms with van der Waals surface area (Å²) in [7, 11) is 0. The Balaban J connectivity index is 1.23. The third kappa shape index (κ3) is 5.74. The summed E-state index contributed by atoms with van der Waals surface area (Å²) in [6.45, 7) is 6.52. The molecule has 1 aromatic carbocycles. The largest absolute Gasteiger partial charge is 0.379 e. The molecular weight excluding hydrogens is 396 g/mol. The van der Waals surface area contributed by atoms with Crippen LogP contribution in [0.3, 0.4) is 0 Å². The molecule has 0 bridgehead atoms. The summed E-state index contributed by atoms with van der Waals surface area (Å²) in [5, 5.41) is 19.4. The van der Waals surface area contributed by atoms with Gasteiger partial charge in [0.25, 0.3) is 0 Å². The molecule has 1 N–H and O–H groups in total. The number of amides is 1. The molecule has 3 aromatic rings. The molecule has 1 aliphatic heterocycles. The van der Waals surface area contributed by atoms with Gasteiger partial charge in [-0.05, 0) is 35.9 Å². The van der Waals surface area contributed by atoms with Gasteiger partial charge in [-0.2, -0.15) is 5.10 Å². The first-order chi connectivity index (χ1) is 15.2. The van der Waals surface area contributed by atoms with Crippen LogP contribution in [0, 0.1) is 0 Å². The van der Waals surface area contributed by atoms with Crippen LogP contribution >= 0.6 is 0 Å². The Hall–Kier alpha value is -3.11. The van der Waals surface area contributed by atoms with Gasteiger partial charge in [-0.15, -0.1) is 5.10 Å². The summed E-state index contributed by atoms with van der Waals surface area (Å²) in [4.78, 5) is 14.7. The average Bonchev–Trinajstić information content (AvgIpc) is 3.45. The number of hydrogen-bond acceptors (Lipinski definition) is 7. The fraction of sp³-hybridized carbons (Fsp3) is 0.476. The summed E-state index contributed by atoms with van der Waals surface area (Å²) in [6.07, 6.45) is 4.81. The van der Waals surface area contributed by atoms with Gasteiger partial charge in [0, 0.05) is 37.8 Å². The molecule has 2 aromatic heterocycles. The van der Waals surface area contributed by atoms with Crippen LogP contribution in [0.15, 0.2) is 42.7 Å². The minimum atomic E-state index is -0.116.